The monoisotopic (exact) mass is 714 g/mol. The molecule has 7 aliphatic rings. The Balaban J connectivity index is 1.17. The van der Waals surface area contributed by atoms with Gasteiger partial charge in [0.2, 0.25) is 15.9 Å². The van der Waals surface area contributed by atoms with E-state index in [1.54, 1.807) is 21.0 Å². The minimum Gasteiger partial charge on any atom is -0.496 e. The summed E-state index contributed by atoms with van der Waals surface area (Å²) >= 11 is 0. The van der Waals surface area contributed by atoms with Crippen LogP contribution < -0.4 is 9.46 Å². The SMILES string of the molecule is CCN1CC23COCC2(C1)CN(C(=O)[C@@H]1CC=CC2=C4C(=C4C(=O)NS(=O)(=O)C(C)C)Cn4c(cc5c(OC)ccc(C6CCCCC6)c54)[C@H]21)C3. The van der Waals surface area contributed by atoms with E-state index >= 15 is 4.79 Å². The Labute approximate surface area is 300 Å². The summed E-state index contributed by atoms with van der Waals surface area (Å²) in [6, 6.07) is 6.56. The molecule has 2 amide bonds. The van der Waals surface area contributed by atoms with Crippen LogP contribution in [0.3, 0.4) is 0 Å². The van der Waals surface area contributed by atoms with Crippen LogP contribution in [0.2, 0.25) is 0 Å². The van der Waals surface area contributed by atoms with E-state index in [2.05, 4.69) is 56.4 Å². The predicted molar refractivity (Wildman–Crippen MR) is 195 cm³/mol. The van der Waals surface area contributed by atoms with Crippen LogP contribution in [0, 0.1) is 16.7 Å². The van der Waals surface area contributed by atoms with Gasteiger partial charge >= 0.3 is 0 Å². The molecule has 272 valence electrons. The van der Waals surface area contributed by atoms with Crippen LogP contribution in [0.4, 0.5) is 0 Å². The maximum absolute atomic E-state index is 15.0. The Morgan fingerprint density at radius 1 is 1.06 bits per heavy atom. The van der Waals surface area contributed by atoms with Crippen molar-refractivity contribution in [2.24, 2.45) is 16.7 Å². The number of hydrogen-bond donors (Lipinski definition) is 1. The topological polar surface area (TPSA) is 110 Å². The molecular weight excluding hydrogens is 665 g/mol. The maximum atomic E-state index is 15.0. The summed E-state index contributed by atoms with van der Waals surface area (Å²) in [6.45, 7) is 11.5. The zero-order valence-corrected chi connectivity index (χ0v) is 31.1. The highest BCUT2D eigenvalue weighted by atomic mass is 32.2. The lowest BCUT2D eigenvalue weighted by molar-refractivity contribution is -0.136. The molecule has 2 unspecified atom stereocenters. The van der Waals surface area contributed by atoms with Gasteiger partial charge in [0, 0.05) is 60.6 Å². The summed E-state index contributed by atoms with van der Waals surface area (Å²) in [5, 5.41) is 0.296. The van der Waals surface area contributed by atoms with Gasteiger partial charge in [-0.2, -0.15) is 0 Å². The number of likely N-dealkylation sites (tertiary alicyclic amines) is 2. The number of aromatic nitrogens is 1. The van der Waals surface area contributed by atoms with E-state index in [9.17, 15) is 13.2 Å². The summed E-state index contributed by atoms with van der Waals surface area (Å²) in [7, 11) is -2.12. The molecule has 3 saturated heterocycles. The van der Waals surface area contributed by atoms with Crippen LogP contribution in [0.1, 0.15) is 82.4 Å². The highest BCUT2D eigenvalue weighted by Gasteiger charge is 2.67. The predicted octanol–water partition coefficient (Wildman–Crippen LogP) is 5.01. The lowest BCUT2D eigenvalue weighted by Crippen LogP contribution is -2.43. The van der Waals surface area contributed by atoms with E-state index < -0.39 is 21.2 Å². The summed E-state index contributed by atoms with van der Waals surface area (Å²) in [5.41, 5.74) is 6.48. The average molecular weight is 715 g/mol. The Bertz CT molecular complexity index is 2030. The second kappa shape index (κ2) is 11.8. The number of nitrogens with zero attached hydrogens (tertiary/aromatic N) is 3. The Kier molecular flexibility index (Phi) is 7.73. The van der Waals surface area contributed by atoms with Crippen LogP contribution in [0.15, 0.2) is 52.6 Å². The molecule has 10 nitrogen and oxygen atoms in total. The number of nitrogens with one attached hydrogen (secondary N) is 1. The number of ether oxygens (including phenoxy) is 2. The van der Waals surface area contributed by atoms with Gasteiger partial charge in [-0.05, 0) is 80.0 Å². The largest absolute Gasteiger partial charge is 0.496 e. The molecule has 2 aromatic rings. The standard InChI is InChI=1S/C40H50N4O6S/c1-5-42-18-39-20-43(21-40(39,19-42)23-50-22-39)38(46)28-13-9-12-27-33(28)31-16-29-32(49-4)15-14-26(25-10-7-6-8-11-25)36(29)44(31)17-30-34(27)35(30)37(45)41-51(47,48)24(2)3/h9,12,14-16,24-25,28,33H,5-8,10-11,13,17-23H2,1-4H3,(H,41,45)/t28-,33-,39?,40?/m1/s1. The molecule has 11 heteroatoms. The van der Waals surface area contributed by atoms with E-state index in [0.29, 0.717) is 50.8 Å². The first-order valence-electron chi connectivity index (χ1n) is 19.0. The van der Waals surface area contributed by atoms with Gasteiger partial charge in [-0.3, -0.25) is 9.59 Å². The van der Waals surface area contributed by atoms with Crippen molar-refractivity contribution in [1.82, 2.24) is 19.1 Å². The first kappa shape index (κ1) is 33.4. The van der Waals surface area contributed by atoms with Crippen LogP contribution in [0.25, 0.3) is 10.9 Å². The fourth-order valence-corrected chi connectivity index (χ4v) is 11.4. The molecule has 5 heterocycles. The highest BCUT2D eigenvalue weighted by molar-refractivity contribution is 7.90. The number of benzene rings is 1. The van der Waals surface area contributed by atoms with Crippen molar-refractivity contribution < 1.29 is 27.5 Å². The van der Waals surface area contributed by atoms with Crippen molar-refractivity contribution in [2.45, 2.75) is 82.9 Å². The van der Waals surface area contributed by atoms with Gasteiger partial charge in [-0.25, -0.2) is 13.1 Å². The number of sulfonamides is 1. The van der Waals surface area contributed by atoms with Gasteiger partial charge in [0.05, 0.1) is 42.6 Å². The van der Waals surface area contributed by atoms with Crippen molar-refractivity contribution in [3.63, 3.8) is 0 Å². The van der Waals surface area contributed by atoms with Crippen molar-refractivity contribution >= 4 is 32.7 Å². The van der Waals surface area contributed by atoms with Gasteiger partial charge in [0.1, 0.15) is 5.75 Å². The molecule has 4 atom stereocenters. The van der Waals surface area contributed by atoms with E-state index in [1.165, 1.54) is 24.8 Å². The molecule has 1 aromatic carbocycles. The number of hydrogen-bond acceptors (Lipinski definition) is 7. The number of fused-ring (bicyclic) bond motifs is 6. The van der Waals surface area contributed by atoms with E-state index in [4.69, 9.17) is 9.47 Å². The number of carbonyl (C=O) groups excluding carboxylic acids is 2. The van der Waals surface area contributed by atoms with Crippen molar-refractivity contribution in [2.75, 3.05) is 53.0 Å². The maximum Gasteiger partial charge on any atom is 0.265 e. The first-order valence-corrected chi connectivity index (χ1v) is 20.6. The highest BCUT2D eigenvalue weighted by Crippen LogP contribution is 2.58. The fourth-order valence-electron chi connectivity index (χ4n) is 10.8. The normalized spacial score (nSPS) is 30.3. The molecule has 9 rings (SSSR count). The van der Waals surface area contributed by atoms with E-state index in [-0.39, 0.29) is 28.6 Å². The molecule has 0 radical (unpaired) electrons. The smallest absolute Gasteiger partial charge is 0.265 e. The quantitative estimate of drug-likeness (QED) is 0.430. The minimum absolute atomic E-state index is 0.0382. The third-order valence-corrected chi connectivity index (χ3v) is 15.3. The molecule has 0 spiro atoms. The van der Waals surface area contributed by atoms with E-state index in [1.807, 2.05) is 0 Å². The first-order chi connectivity index (χ1) is 24.5. The zero-order valence-electron chi connectivity index (χ0n) is 30.3. The Morgan fingerprint density at radius 2 is 1.78 bits per heavy atom. The zero-order chi connectivity index (χ0) is 35.4. The van der Waals surface area contributed by atoms with Crippen molar-refractivity contribution in [3.05, 3.63) is 63.9 Å². The summed E-state index contributed by atoms with van der Waals surface area (Å²) < 4.78 is 42.5. The van der Waals surface area contributed by atoms with Gasteiger partial charge in [-0.1, -0.05) is 44.4 Å². The average Bonchev–Trinajstić information content (AvgIpc) is 3.27. The number of rotatable bonds is 7. The minimum atomic E-state index is -3.83. The third-order valence-electron chi connectivity index (χ3n) is 13.6. The van der Waals surface area contributed by atoms with Crippen molar-refractivity contribution in [3.8, 4) is 5.75 Å². The second-order valence-electron chi connectivity index (χ2n) is 16.6. The van der Waals surface area contributed by atoms with Crippen molar-refractivity contribution in [1.29, 1.82) is 0 Å². The fraction of sp³-hybridized carbons (Fsp3) is 0.600. The number of allylic oxidation sites excluding steroid dienone is 4. The van der Waals surface area contributed by atoms with Crippen LogP contribution in [0.5, 0.6) is 5.75 Å². The lowest BCUT2D eigenvalue weighted by Gasteiger charge is -2.35. The number of amides is 2. The second-order valence-corrected chi connectivity index (χ2v) is 18.8. The summed E-state index contributed by atoms with van der Waals surface area (Å²) in [6.07, 6.45) is 10.7. The van der Waals surface area contributed by atoms with Gasteiger partial charge in [0.15, 0.2) is 0 Å². The molecule has 0 bridgehead atoms. The third kappa shape index (κ3) is 4.89. The summed E-state index contributed by atoms with van der Waals surface area (Å²) in [4.78, 5) is 33.5. The van der Waals surface area contributed by atoms with E-state index in [0.717, 1.165) is 71.5 Å². The molecular formula is C40H50N4O6S. The van der Waals surface area contributed by atoms with Gasteiger partial charge < -0.3 is 23.8 Å². The molecule has 3 aliphatic carbocycles. The lowest BCUT2D eigenvalue weighted by atomic mass is 9.71. The van der Waals surface area contributed by atoms with Crippen LogP contribution in [-0.2, 0) is 30.9 Å². The molecule has 1 N–H and O–H groups in total. The van der Waals surface area contributed by atoms with Crippen LogP contribution >= 0.6 is 0 Å². The molecule has 4 fully saturated rings. The molecule has 4 aliphatic heterocycles. The molecule has 1 aromatic heterocycles. The molecule has 51 heavy (non-hydrogen) atoms. The van der Waals surface area contributed by atoms with Crippen LogP contribution in [-0.4, -0.2) is 92.9 Å². The van der Waals surface area contributed by atoms with Gasteiger partial charge in [-0.15, -0.1) is 0 Å². The number of methoxy groups -OCH3 is 1. The Morgan fingerprint density at radius 3 is 2.45 bits per heavy atom. The molecule has 1 saturated carbocycles. The van der Waals surface area contributed by atoms with Gasteiger partial charge in [0.25, 0.3) is 5.91 Å². The Hall–Kier alpha value is -3.41. The summed E-state index contributed by atoms with van der Waals surface area (Å²) in [5.74, 6) is 0.152. The number of carbonyl (C=O) groups is 2.